The molecule has 0 aromatic heterocycles. The second-order valence-electron chi connectivity index (χ2n) is 14.7. The number of hydrogen-bond donors (Lipinski definition) is 0. The molecule has 0 amide bonds. The highest BCUT2D eigenvalue weighted by Gasteiger charge is 2.28. The summed E-state index contributed by atoms with van der Waals surface area (Å²) in [6.45, 7) is 18.0. The van der Waals surface area contributed by atoms with Gasteiger partial charge in [0.05, 0.1) is 13.2 Å². The zero-order chi connectivity index (χ0) is 38.5. The molecule has 0 atom stereocenters. The number of hydrogen-bond acceptors (Lipinski definition) is 4. The molecule has 0 aliphatic carbocycles. The van der Waals surface area contributed by atoms with Gasteiger partial charge in [-0.05, 0) is 161 Å². The Morgan fingerprint density at radius 1 is 0.426 bits per heavy atom. The van der Waals surface area contributed by atoms with E-state index in [1.54, 1.807) is 0 Å². The lowest BCUT2D eigenvalue weighted by atomic mass is 9.90. The molecule has 4 rings (SSSR count). The van der Waals surface area contributed by atoms with Gasteiger partial charge in [-0.1, -0.05) is 88.4 Å². The minimum atomic E-state index is -0.145. The summed E-state index contributed by atoms with van der Waals surface area (Å²) < 4.78 is 25.1. The molecule has 4 aromatic carbocycles. The summed E-state index contributed by atoms with van der Waals surface area (Å²) >= 11 is 0. The molecule has 54 heavy (non-hydrogen) atoms. The molecule has 0 radical (unpaired) electrons. The fourth-order valence-corrected chi connectivity index (χ4v) is 7.03. The summed E-state index contributed by atoms with van der Waals surface area (Å²) in [5.74, 6) is 3.75. The molecule has 0 unspecified atom stereocenters. The van der Waals surface area contributed by atoms with E-state index < -0.39 is 0 Å². The Morgan fingerprint density at radius 2 is 0.796 bits per heavy atom. The topological polar surface area (TPSA) is 36.9 Å². The highest BCUT2D eigenvalue weighted by Crippen LogP contribution is 2.32. The van der Waals surface area contributed by atoms with Crippen LogP contribution in [-0.2, 0) is 12.8 Å². The largest absolute Gasteiger partial charge is 0.494 e. The van der Waals surface area contributed by atoms with Crippen LogP contribution in [-0.4, -0.2) is 24.4 Å². The number of allylic oxidation sites excluding steroid dienone is 2. The van der Waals surface area contributed by atoms with Crippen LogP contribution < -0.4 is 18.9 Å². The molecule has 0 N–H and O–H groups in total. The van der Waals surface area contributed by atoms with Crippen LogP contribution in [0.25, 0.3) is 0 Å². The van der Waals surface area contributed by atoms with E-state index in [0.717, 1.165) is 126 Å². The summed E-state index contributed by atoms with van der Waals surface area (Å²) in [6, 6.07) is 34.2. The molecular weight excluding hydrogens is 665 g/mol. The number of unbranched alkanes of at least 4 members (excludes halogenated alkanes) is 3. The third-order valence-electron chi connectivity index (χ3n) is 10.9. The highest BCUT2D eigenvalue weighted by molar-refractivity contribution is 5.36. The monoisotopic (exact) mass is 730 g/mol. The molecule has 4 heteroatoms. The van der Waals surface area contributed by atoms with Crippen molar-refractivity contribution in [3.05, 3.63) is 145 Å². The minimum absolute atomic E-state index is 0.124. The van der Waals surface area contributed by atoms with Crippen molar-refractivity contribution in [2.45, 2.75) is 129 Å². The zero-order valence-corrected chi connectivity index (χ0v) is 33.8. The van der Waals surface area contributed by atoms with E-state index in [9.17, 15) is 0 Å². The average molecular weight is 731 g/mol. The molecule has 0 aliphatic rings. The maximum absolute atomic E-state index is 6.69. The van der Waals surface area contributed by atoms with E-state index in [1.807, 2.05) is 12.2 Å². The Hall–Kier alpha value is -4.44. The maximum atomic E-state index is 6.69. The van der Waals surface area contributed by atoms with Gasteiger partial charge in [0.1, 0.15) is 34.2 Å². The van der Waals surface area contributed by atoms with Gasteiger partial charge in [0.15, 0.2) is 0 Å². The van der Waals surface area contributed by atoms with Crippen LogP contribution in [0.4, 0.5) is 0 Å². The molecule has 0 aliphatic heterocycles. The average Bonchev–Trinajstić information content (AvgIpc) is 3.21. The predicted octanol–water partition coefficient (Wildman–Crippen LogP) is 13.7. The lowest BCUT2D eigenvalue weighted by molar-refractivity contribution is 0.0480. The van der Waals surface area contributed by atoms with Crippen molar-refractivity contribution < 1.29 is 18.9 Å². The molecule has 0 fully saturated rings. The van der Waals surface area contributed by atoms with Crippen molar-refractivity contribution in [3.8, 4) is 23.0 Å². The van der Waals surface area contributed by atoms with Crippen LogP contribution in [0.1, 0.15) is 127 Å². The van der Waals surface area contributed by atoms with Crippen LogP contribution in [0.2, 0.25) is 0 Å². The van der Waals surface area contributed by atoms with Crippen LogP contribution in [0.3, 0.4) is 0 Å². The van der Waals surface area contributed by atoms with Gasteiger partial charge in [-0.2, -0.15) is 0 Å². The fourth-order valence-electron chi connectivity index (χ4n) is 7.03. The van der Waals surface area contributed by atoms with Crippen LogP contribution >= 0.6 is 0 Å². The molecule has 0 bridgehead atoms. The van der Waals surface area contributed by atoms with Gasteiger partial charge in [-0.15, -0.1) is 13.2 Å². The molecule has 290 valence electrons. The van der Waals surface area contributed by atoms with Crippen molar-refractivity contribution in [2.24, 2.45) is 0 Å². The lowest BCUT2D eigenvalue weighted by Crippen LogP contribution is -2.34. The quantitative estimate of drug-likeness (QED) is 0.0452. The van der Waals surface area contributed by atoms with Crippen LogP contribution in [0.15, 0.2) is 122 Å². The number of rotatable bonds is 27. The van der Waals surface area contributed by atoms with Gasteiger partial charge in [-0.25, -0.2) is 0 Å². The molecule has 4 nitrogen and oxygen atoms in total. The molecule has 0 saturated heterocycles. The van der Waals surface area contributed by atoms with Crippen molar-refractivity contribution in [1.29, 1.82) is 0 Å². The Balaban J connectivity index is 1.15. The van der Waals surface area contributed by atoms with Crippen LogP contribution in [0, 0.1) is 0 Å². The van der Waals surface area contributed by atoms with Crippen molar-refractivity contribution >= 4 is 0 Å². The van der Waals surface area contributed by atoms with E-state index in [4.69, 9.17) is 18.9 Å². The second-order valence-corrected chi connectivity index (χ2v) is 14.7. The zero-order valence-electron chi connectivity index (χ0n) is 33.8. The van der Waals surface area contributed by atoms with Gasteiger partial charge in [0.2, 0.25) is 0 Å². The molecular formula is C50H66O4. The summed E-state index contributed by atoms with van der Waals surface area (Å²) in [7, 11) is 0. The first-order chi connectivity index (χ1) is 26.4. The molecule has 4 aromatic rings. The molecule has 0 saturated carbocycles. The Kier molecular flexibility index (Phi) is 17.8. The molecule has 0 spiro atoms. The first kappa shape index (κ1) is 42.3. The van der Waals surface area contributed by atoms with Crippen LogP contribution in [0.5, 0.6) is 23.0 Å². The third-order valence-corrected chi connectivity index (χ3v) is 10.9. The first-order valence-electron chi connectivity index (χ1n) is 20.6. The highest BCUT2D eigenvalue weighted by atomic mass is 16.5. The maximum Gasteiger partial charge on any atom is 0.120 e. The van der Waals surface area contributed by atoms with Gasteiger partial charge in [0, 0.05) is 0 Å². The Bertz CT molecular complexity index is 1610. The normalized spacial score (nSPS) is 11.6. The third kappa shape index (κ3) is 13.8. The second kappa shape index (κ2) is 22.7. The van der Waals surface area contributed by atoms with E-state index >= 15 is 0 Å². The Morgan fingerprint density at radius 3 is 1.19 bits per heavy atom. The lowest BCUT2D eigenvalue weighted by Gasteiger charge is -2.33. The fraction of sp³-hybridized carbons (Fsp3) is 0.440. The van der Waals surface area contributed by atoms with Gasteiger partial charge in [-0.3, -0.25) is 0 Å². The number of ether oxygens (including phenoxy) is 4. The summed E-state index contributed by atoms with van der Waals surface area (Å²) in [5, 5.41) is 0. The summed E-state index contributed by atoms with van der Waals surface area (Å²) in [5.41, 5.74) is 4.82. The summed E-state index contributed by atoms with van der Waals surface area (Å²) in [4.78, 5) is 0. The van der Waals surface area contributed by atoms with E-state index in [1.165, 1.54) is 22.3 Å². The number of benzene rings is 4. The van der Waals surface area contributed by atoms with Gasteiger partial charge in [0.25, 0.3) is 0 Å². The smallest absolute Gasteiger partial charge is 0.120 e. The predicted molar refractivity (Wildman–Crippen MR) is 228 cm³/mol. The van der Waals surface area contributed by atoms with Gasteiger partial charge < -0.3 is 18.9 Å². The minimum Gasteiger partial charge on any atom is -0.494 e. The van der Waals surface area contributed by atoms with E-state index in [2.05, 4.69) is 138 Å². The molecule has 0 heterocycles. The van der Waals surface area contributed by atoms with Crippen molar-refractivity contribution in [3.63, 3.8) is 0 Å². The SMILES string of the molecule is C=CCCCOc1ccc(Cc2ccc(OC(CC)(CC)CCCCCOc3ccc(Cc4ccc(OC(CC)(CC)CCC=C)cc4)cc3)cc2)cc1. The first-order valence-corrected chi connectivity index (χ1v) is 20.6. The van der Waals surface area contributed by atoms with Crippen molar-refractivity contribution in [1.82, 2.24) is 0 Å². The standard InChI is InChI=1S/C50H66O4/c1-7-13-17-37-51-45-27-19-41(20-28-45)39-44-25-33-48(34-26-44)54-50(11-5,12-6)36-16-15-18-38-52-46-29-21-42(22-30-46)40-43-23-31-47(32-24-43)53-49(9-3,10-4)35-14-8-2/h7-8,19-34H,1-2,9-18,35-40H2,3-6H3. The van der Waals surface area contributed by atoms with Gasteiger partial charge >= 0.3 is 0 Å². The van der Waals surface area contributed by atoms with Crippen molar-refractivity contribution in [2.75, 3.05) is 13.2 Å². The Labute approximate surface area is 327 Å². The van der Waals surface area contributed by atoms with E-state index in [0.29, 0.717) is 0 Å². The van der Waals surface area contributed by atoms with E-state index in [-0.39, 0.29) is 11.2 Å². The summed E-state index contributed by atoms with van der Waals surface area (Å²) in [6.07, 6.45) is 17.9.